The number of para-hydroxylation sites is 2. The third-order valence-corrected chi connectivity index (χ3v) is 8.06. The Balaban J connectivity index is 1.32. The van der Waals surface area contributed by atoms with Gasteiger partial charge in [0.15, 0.2) is 11.5 Å². The van der Waals surface area contributed by atoms with E-state index in [1.165, 1.54) is 39.5 Å². The second kappa shape index (κ2) is 15.9. The number of anilines is 1. The van der Waals surface area contributed by atoms with E-state index in [-0.39, 0.29) is 34.7 Å². The number of halogens is 1. The molecule has 0 bridgehead atoms. The summed E-state index contributed by atoms with van der Waals surface area (Å²) >= 11 is 3.36. The molecule has 250 valence electrons. The fraction of sp³-hybridized carbons (Fsp3) is 0.132. The zero-order chi connectivity index (χ0) is 34.9. The monoisotopic (exact) mass is 724 g/mol. The van der Waals surface area contributed by atoms with E-state index in [4.69, 9.17) is 18.9 Å². The maximum Gasteiger partial charge on any atom is 0.326 e. The molecule has 0 aliphatic rings. The molecule has 0 saturated carbocycles. The van der Waals surface area contributed by atoms with Gasteiger partial charge < -0.3 is 34.7 Å². The van der Waals surface area contributed by atoms with Gasteiger partial charge in [0, 0.05) is 22.0 Å². The van der Waals surface area contributed by atoms with Crippen molar-refractivity contribution in [1.29, 1.82) is 0 Å². The molecule has 11 heteroatoms. The Morgan fingerprint density at radius 1 is 0.735 bits per heavy atom. The Hall–Kier alpha value is -5.81. The highest BCUT2D eigenvalue weighted by Gasteiger charge is 2.24. The van der Waals surface area contributed by atoms with E-state index in [0.717, 1.165) is 11.1 Å². The number of hydrogen-bond acceptors (Lipinski definition) is 7. The molecule has 49 heavy (non-hydrogen) atoms. The van der Waals surface area contributed by atoms with E-state index in [0.29, 0.717) is 27.3 Å². The molecule has 0 fully saturated rings. The van der Waals surface area contributed by atoms with Gasteiger partial charge >= 0.3 is 5.97 Å². The molecular weight excluding hydrogens is 692 g/mol. The first-order chi connectivity index (χ1) is 23.7. The molecule has 2 amide bonds. The molecule has 0 aliphatic heterocycles. The summed E-state index contributed by atoms with van der Waals surface area (Å²) in [6.07, 6.45) is 0.0185. The molecule has 0 radical (unpaired) electrons. The summed E-state index contributed by atoms with van der Waals surface area (Å²) in [6.45, 7) is 0. The van der Waals surface area contributed by atoms with Crippen molar-refractivity contribution >= 4 is 39.4 Å². The lowest BCUT2D eigenvalue weighted by atomic mass is 9.99. The maximum atomic E-state index is 13.5. The smallest absolute Gasteiger partial charge is 0.326 e. The third kappa shape index (κ3) is 8.38. The van der Waals surface area contributed by atoms with Crippen LogP contribution in [0.3, 0.4) is 0 Å². The van der Waals surface area contributed by atoms with E-state index in [9.17, 15) is 19.5 Å². The van der Waals surface area contributed by atoms with E-state index in [1.807, 2.05) is 78.9 Å². The van der Waals surface area contributed by atoms with Gasteiger partial charge in [-0.15, -0.1) is 0 Å². The molecule has 1 unspecified atom stereocenters. The Kier molecular flexibility index (Phi) is 11.2. The molecule has 5 aromatic rings. The third-order valence-electron chi connectivity index (χ3n) is 7.57. The van der Waals surface area contributed by atoms with E-state index >= 15 is 0 Å². The topological polar surface area (TPSA) is 132 Å². The molecule has 5 aromatic carbocycles. The fourth-order valence-corrected chi connectivity index (χ4v) is 5.48. The van der Waals surface area contributed by atoms with Gasteiger partial charge in [-0.1, -0.05) is 76.6 Å². The van der Waals surface area contributed by atoms with Gasteiger partial charge in [-0.05, 0) is 59.7 Å². The Labute approximate surface area is 291 Å². The Morgan fingerprint density at radius 2 is 1.39 bits per heavy atom. The molecule has 0 heterocycles. The molecule has 1 atom stereocenters. The van der Waals surface area contributed by atoms with Gasteiger partial charge in [0.25, 0.3) is 11.8 Å². The first-order valence-electron chi connectivity index (χ1n) is 15.1. The normalized spacial score (nSPS) is 11.2. The van der Waals surface area contributed by atoms with E-state index < -0.39 is 23.8 Å². The zero-order valence-electron chi connectivity index (χ0n) is 26.9. The molecule has 10 nitrogen and oxygen atoms in total. The van der Waals surface area contributed by atoms with Crippen molar-refractivity contribution in [2.75, 3.05) is 26.6 Å². The summed E-state index contributed by atoms with van der Waals surface area (Å²) in [6, 6.07) is 30.9. The number of amides is 2. The summed E-state index contributed by atoms with van der Waals surface area (Å²) in [5.41, 5.74) is 2.87. The van der Waals surface area contributed by atoms with E-state index in [2.05, 4.69) is 26.6 Å². The second-order valence-electron chi connectivity index (χ2n) is 10.7. The van der Waals surface area contributed by atoms with Crippen LogP contribution in [0.2, 0.25) is 0 Å². The van der Waals surface area contributed by atoms with E-state index in [1.54, 1.807) is 12.1 Å². The van der Waals surface area contributed by atoms with Crippen LogP contribution in [0.1, 0.15) is 26.3 Å². The predicted molar refractivity (Wildman–Crippen MR) is 189 cm³/mol. The Bertz CT molecular complexity index is 1940. The van der Waals surface area contributed by atoms with Crippen molar-refractivity contribution in [2.24, 2.45) is 0 Å². The summed E-state index contributed by atoms with van der Waals surface area (Å²) in [4.78, 5) is 39.2. The highest BCUT2D eigenvalue weighted by molar-refractivity contribution is 9.10. The molecule has 0 aliphatic carbocycles. The first kappa shape index (κ1) is 34.5. The lowest BCUT2D eigenvalue weighted by molar-refractivity contribution is -0.139. The molecule has 0 spiro atoms. The van der Waals surface area contributed by atoms with Crippen LogP contribution in [0, 0.1) is 0 Å². The van der Waals surface area contributed by atoms with Crippen LogP contribution < -0.4 is 29.6 Å². The minimum absolute atomic E-state index is 0.0185. The number of aliphatic carboxylic acids is 1. The quantitative estimate of drug-likeness (QED) is 0.113. The average Bonchev–Trinajstić information content (AvgIpc) is 3.12. The van der Waals surface area contributed by atoms with Crippen LogP contribution in [0.15, 0.2) is 114 Å². The van der Waals surface area contributed by atoms with Gasteiger partial charge in [0.05, 0.1) is 32.6 Å². The van der Waals surface area contributed by atoms with Crippen molar-refractivity contribution in [3.63, 3.8) is 0 Å². The van der Waals surface area contributed by atoms with Gasteiger partial charge in [0.1, 0.15) is 17.5 Å². The average molecular weight is 726 g/mol. The molecule has 5 rings (SSSR count). The number of ether oxygens (including phenoxy) is 4. The highest BCUT2D eigenvalue weighted by atomic mass is 79.9. The van der Waals surface area contributed by atoms with Crippen LogP contribution in [0.25, 0.3) is 11.1 Å². The second-order valence-corrected chi connectivity index (χ2v) is 11.7. The number of methoxy groups -OCH3 is 3. The van der Waals surface area contributed by atoms with Gasteiger partial charge in [-0.2, -0.15) is 0 Å². The number of carboxylic acid groups (broad SMARTS) is 1. The van der Waals surface area contributed by atoms with Crippen LogP contribution in [-0.4, -0.2) is 50.3 Å². The van der Waals surface area contributed by atoms with Gasteiger partial charge in [-0.25, -0.2) is 4.79 Å². The number of carbonyl (C=O) groups excluding carboxylic acids is 2. The number of carboxylic acids is 1. The Morgan fingerprint density at radius 3 is 2.02 bits per heavy atom. The van der Waals surface area contributed by atoms with Gasteiger partial charge in [-0.3, -0.25) is 9.59 Å². The van der Waals surface area contributed by atoms with Crippen molar-refractivity contribution < 1.29 is 38.4 Å². The van der Waals surface area contributed by atoms with Crippen LogP contribution >= 0.6 is 15.9 Å². The highest BCUT2D eigenvalue weighted by Crippen LogP contribution is 2.38. The summed E-state index contributed by atoms with van der Waals surface area (Å²) in [5.74, 6) is -0.178. The van der Waals surface area contributed by atoms with Crippen molar-refractivity contribution in [3.8, 4) is 39.9 Å². The molecule has 3 N–H and O–H groups in total. The van der Waals surface area contributed by atoms with Crippen molar-refractivity contribution in [2.45, 2.75) is 12.5 Å². The predicted octanol–water partition coefficient (Wildman–Crippen LogP) is 7.61. The minimum atomic E-state index is -1.26. The molecule has 0 aromatic heterocycles. The number of rotatable bonds is 13. The molecule has 0 saturated heterocycles. The fourth-order valence-electron chi connectivity index (χ4n) is 5.12. The molecular formula is C38H33BrN2O8. The number of benzene rings is 5. The lowest BCUT2D eigenvalue weighted by Gasteiger charge is -2.18. The number of carbonyl (C=O) groups is 3. The van der Waals surface area contributed by atoms with Crippen LogP contribution in [0.5, 0.6) is 28.7 Å². The number of nitrogens with one attached hydrogen (secondary N) is 2. The number of hydrogen-bond donors (Lipinski definition) is 3. The lowest BCUT2D eigenvalue weighted by Crippen LogP contribution is -2.42. The minimum Gasteiger partial charge on any atom is -0.493 e. The van der Waals surface area contributed by atoms with Crippen LogP contribution in [-0.2, 0) is 11.2 Å². The SMILES string of the molecule is COc1cc(C(=O)Nc2ccc(Br)cc2C(=O)NC(Cc2ccc(-c3ccccc3Oc3ccccc3)cc2)C(=O)O)cc(OC)c1OC. The summed E-state index contributed by atoms with van der Waals surface area (Å²) in [5, 5.41) is 15.4. The standard InChI is InChI=1S/C38H33BrN2O8/c1-46-33-20-25(21-34(47-2)35(33)48-3)36(42)40-30-18-17-26(39)22-29(30)37(43)41-31(38(44)45)19-23-13-15-24(16-14-23)28-11-7-8-12-32(28)49-27-9-5-4-6-10-27/h4-18,20-22,31H,19H2,1-3H3,(H,40,42)(H,41,43)(H,44,45). The van der Waals surface area contributed by atoms with Crippen molar-refractivity contribution in [3.05, 3.63) is 130 Å². The summed E-state index contributed by atoms with van der Waals surface area (Å²) < 4.78 is 22.7. The maximum absolute atomic E-state index is 13.5. The first-order valence-corrected chi connectivity index (χ1v) is 15.9. The summed E-state index contributed by atoms with van der Waals surface area (Å²) in [7, 11) is 4.32. The van der Waals surface area contributed by atoms with Gasteiger partial charge in [0.2, 0.25) is 5.75 Å². The largest absolute Gasteiger partial charge is 0.493 e. The zero-order valence-corrected chi connectivity index (χ0v) is 28.4. The van der Waals surface area contributed by atoms with Crippen molar-refractivity contribution in [1.82, 2.24) is 5.32 Å². The van der Waals surface area contributed by atoms with Crippen LogP contribution in [0.4, 0.5) is 5.69 Å².